The van der Waals surface area contributed by atoms with Gasteiger partial charge in [-0.1, -0.05) is 23.2 Å². The van der Waals surface area contributed by atoms with E-state index in [4.69, 9.17) is 32.7 Å². The van der Waals surface area contributed by atoms with E-state index < -0.39 is 0 Å². The summed E-state index contributed by atoms with van der Waals surface area (Å²) in [5.74, 6) is 1.43. The highest BCUT2D eigenvalue weighted by atomic mass is 35.5. The maximum absolute atomic E-state index is 13.1. The molecule has 3 fully saturated rings. The average Bonchev–Trinajstić information content (AvgIpc) is 3.30. The lowest BCUT2D eigenvalue weighted by Crippen LogP contribution is -2.54. The van der Waals surface area contributed by atoms with Gasteiger partial charge in [-0.15, -0.1) is 0 Å². The van der Waals surface area contributed by atoms with Crippen LogP contribution in [0.4, 0.5) is 5.69 Å². The fraction of sp³-hybridized carbons (Fsp3) is 0.536. The van der Waals surface area contributed by atoms with E-state index in [1.165, 1.54) is 0 Å². The summed E-state index contributed by atoms with van der Waals surface area (Å²) in [4.78, 5) is 15.5. The van der Waals surface area contributed by atoms with Gasteiger partial charge in [0, 0.05) is 60.0 Å². The first-order valence-electron chi connectivity index (χ1n) is 13.3. The number of rotatable bonds is 6. The van der Waals surface area contributed by atoms with Crippen molar-refractivity contribution >= 4 is 34.8 Å². The third kappa shape index (κ3) is 5.42. The molecule has 1 aliphatic carbocycles. The quantitative estimate of drug-likeness (QED) is 0.418. The van der Waals surface area contributed by atoms with E-state index in [2.05, 4.69) is 40.2 Å². The van der Waals surface area contributed by atoms with Crippen LogP contribution in [0.2, 0.25) is 10.0 Å². The van der Waals surface area contributed by atoms with Gasteiger partial charge < -0.3 is 25.0 Å². The Morgan fingerprint density at radius 3 is 2.21 bits per heavy atom. The minimum Gasteiger partial charge on any atom is -0.495 e. The second-order valence-corrected chi connectivity index (χ2v) is 11.5. The Kier molecular flexibility index (Phi) is 8.26. The summed E-state index contributed by atoms with van der Waals surface area (Å²) in [7, 11) is 3.18. The lowest BCUT2D eigenvalue weighted by Gasteiger charge is -2.37. The number of amides is 1. The minimum atomic E-state index is -0.159. The van der Waals surface area contributed by atoms with E-state index in [-0.39, 0.29) is 30.0 Å². The highest BCUT2D eigenvalue weighted by Gasteiger charge is 2.42. The first-order valence-corrected chi connectivity index (χ1v) is 14.1. The molecule has 5 rings (SSSR count). The van der Waals surface area contributed by atoms with Crippen molar-refractivity contribution < 1.29 is 14.3 Å². The number of nitrogens with one attached hydrogen (secondary N) is 4. The molecule has 2 aliphatic heterocycles. The number of benzene rings is 2. The highest BCUT2D eigenvalue weighted by Crippen LogP contribution is 2.49. The zero-order chi connectivity index (χ0) is 27.0. The summed E-state index contributed by atoms with van der Waals surface area (Å²) < 4.78 is 10.9. The van der Waals surface area contributed by atoms with Crippen molar-refractivity contribution in [2.45, 2.75) is 63.3 Å². The number of hydrogen-bond acceptors (Lipinski definition) is 7. The zero-order valence-electron chi connectivity index (χ0n) is 22.3. The van der Waals surface area contributed by atoms with Gasteiger partial charge in [-0.3, -0.25) is 10.2 Å². The van der Waals surface area contributed by atoms with E-state index in [0.29, 0.717) is 39.2 Å². The molecule has 2 heterocycles. The number of carbonyl (C=O) groups is 1. The van der Waals surface area contributed by atoms with Crippen molar-refractivity contribution in [1.29, 1.82) is 0 Å². The molecule has 1 amide bonds. The lowest BCUT2D eigenvalue weighted by atomic mass is 9.75. The molecule has 0 radical (unpaired) electrons. The van der Waals surface area contributed by atoms with Gasteiger partial charge in [0.1, 0.15) is 11.5 Å². The lowest BCUT2D eigenvalue weighted by molar-refractivity contribution is 0.0915. The molecule has 4 unspecified atom stereocenters. The fourth-order valence-electron chi connectivity index (χ4n) is 6.32. The average molecular weight is 563 g/mol. The number of halogens is 2. The normalized spacial score (nSPS) is 29.1. The molecule has 2 saturated heterocycles. The van der Waals surface area contributed by atoms with E-state index in [1.807, 2.05) is 24.3 Å². The predicted octanol–water partition coefficient (Wildman–Crippen LogP) is 4.31. The molecule has 206 valence electrons. The molecule has 0 spiro atoms. The van der Waals surface area contributed by atoms with Crippen LogP contribution in [0.3, 0.4) is 0 Å². The molecule has 6 atom stereocenters. The van der Waals surface area contributed by atoms with Crippen LogP contribution < -0.4 is 35.9 Å². The Morgan fingerprint density at radius 2 is 1.61 bits per heavy atom. The van der Waals surface area contributed by atoms with Crippen molar-refractivity contribution in [3.05, 3.63) is 51.5 Å². The molecular weight excluding hydrogens is 525 g/mol. The van der Waals surface area contributed by atoms with Crippen molar-refractivity contribution in [3.63, 3.8) is 0 Å². The smallest absolute Gasteiger partial charge is 0.252 e. The van der Waals surface area contributed by atoms with Crippen molar-refractivity contribution in [2.24, 2.45) is 5.92 Å². The fourth-order valence-corrected chi connectivity index (χ4v) is 7.13. The Bertz CT molecular complexity index is 1130. The number of piperazine rings is 1. The first-order chi connectivity index (χ1) is 18.3. The van der Waals surface area contributed by atoms with Crippen LogP contribution in [0, 0.1) is 5.92 Å². The molecule has 2 aromatic rings. The van der Waals surface area contributed by atoms with E-state index in [9.17, 15) is 4.79 Å². The molecular formula is C28H37Cl2N5O3. The van der Waals surface area contributed by atoms with Crippen LogP contribution in [0.1, 0.15) is 54.9 Å². The van der Waals surface area contributed by atoms with Crippen LogP contribution in [0.25, 0.3) is 0 Å². The molecule has 0 aromatic heterocycles. The van der Waals surface area contributed by atoms with Crippen LogP contribution in [-0.4, -0.2) is 57.5 Å². The van der Waals surface area contributed by atoms with Gasteiger partial charge in [-0.2, -0.15) is 0 Å². The third-order valence-corrected chi connectivity index (χ3v) is 8.89. The molecule has 10 heteroatoms. The van der Waals surface area contributed by atoms with E-state index >= 15 is 0 Å². The van der Waals surface area contributed by atoms with Crippen LogP contribution >= 0.6 is 23.2 Å². The number of carbonyl (C=O) groups excluding carboxylic acids is 1. The molecule has 2 aromatic carbocycles. The zero-order valence-corrected chi connectivity index (χ0v) is 23.8. The number of nitrogens with zero attached hydrogens (tertiary/aromatic N) is 1. The largest absolute Gasteiger partial charge is 0.495 e. The van der Waals surface area contributed by atoms with Gasteiger partial charge in [0.05, 0.1) is 30.4 Å². The number of hydrazine groups is 1. The van der Waals surface area contributed by atoms with Crippen LogP contribution in [-0.2, 0) is 0 Å². The predicted molar refractivity (Wildman–Crippen MR) is 152 cm³/mol. The molecule has 0 bridgehead atoms. The van der Waals surface area contributed by atoms with Crippen molar-refractivity contribution in [2.75, 3.05) is 32.2 Å². The van der Waals surface area contributed by atoms with Gasteiger partial charge in [0.2, 0.25) is 0 Å². The molecule has 8 nitrogen and oxygen atoms in total. The summed E-state index contributed by atoms with van der Waals surface area (Å²) in [6.45, 7) is 6.31. The summed E-state index contributed by atoms with van der Waals surface area (Å²) in [6, 6.07) is 10.7. The van der Waals surface area contributed by atoms with Gasteiger partial charge in [-0.25, -0.2) is 5.43 Å². The summed E-state index contributed by atoms with van der Waals surface area (Å²) in [5, 5.41) is 7.82. The Hall–Kier alpha value is -2.23. The number of ether oxygens (including phenoxy) is 2. The van der Waals surface area contributed by atoms with E-state index in [1.54, 1.807) is 20.3 Å². The Morgan fingerprint density at radius 1 is 0.974 bits per heavy atom. The minimum absolute atomic E-state index is 0.0794. The summed E-state index contributed by atoms with van der Waals surface area (Å²) in [6.07, 6.45) is 2.47. The summed E-state index contributed by atoms with van der Waals surface area (Å²) in [5.41, 5.74) is 9.37. The second kappa shape index (κ2) is 11.5. The number of hydrogen-bond donors (Lipinski definition) is 4. The number of anilines is 1. The SMILES string of the molecule is COc1cc(OC)c(Cl)c(C2CCC3C(C2)NNC3NC(=O)c2ccc(N3C[C@@H](C)N[C@@H](C)C3)cc2)c1Cl. The molecule has 3 aliphatic rings. The third-order valence-electron chi connectivity index (χ3n) is 8.11. The monoisotopic (exact) mass is 561 g/mol. The first kappa shape index (κ1) is 27.3. The Labute approximate surface area is 234 Å². The summed E-state index contributed by atoms with van der Waals surface area (Å²) >= 11 is 13.4. The highest BCUT2D eigenvalue weighted by molar-refractivity contribution is 6.38. The van der Waals surface area contributed by atoms with Gasteiger partial charge in [0.25, 0.3) is 5.91 Å². The van der Waals surface area contributed by atoms with Crippen LogP contribution in [0.5, 0.6) is 11.5 Å². The van der Waals surface area contributed by atoms with Crippen LogP contribution in [0.15, 0.2) is 30.3 Å². The standard InChI is InChI=1S/C28H37Cl2N5O3/c1-15-13-35(14-16(2)31-15)19-8-5-17(6-9-19)28(36)32-27-20-10-7-18(11-21(20)33-34-27)24-25(29)22(37-3)12-23(38-4)26(24)30/h5-6,8-9,12,15-16,18,20-21,27,31,33-34H,7,10-11,13-14H2,1-4H3,(H,32,36)/t15-,16+,18?,20?,21?,27?. The Balaban J connectivity index is 1.22. The second-order valence-electron chi connectivity index (χ2n) is 10.8. The van der Waals surface area contributed by atoms with Crippen molar-refractivity contribution in [3.8, 4) is 11.5 Å². The molecule has 1 saturated carbocycles. The molecule has 38 heavy (non-hydrogen) atoms. The number of methoxy groups -OCH3 is 2. The maximum Gasteiger partial charge on any atom is 0.252 e. The molecule has 4 N–H and O–H groups in total. The van der Waals surface area contributed by atoms with Gasteiger partial charge in [0.15, 0.2) is 0 Å². The number of fused-ring (bicyclic) bond motifs is 1. The van der Waals surface area contributed by atoms with Crippen molar-refractivity contribution in [1.82, 2.24) is 21.5 Å². The topological polar surface area (TPSA) is 86.9 Å². The maximum atomic E-state index is 13.1. The van der Waals surface area contributed by atoms with Gasteiger partial charge in [-0.05, 0) is 63.3 Å². The van der Waals surface area contributed by atoms with E-state index in [0.717, 1.165) is 43.6 Å². The van der Waals surface area contributed by atoms with Gasteiger partial charge >= 0.3 is 0 Å².